The molecule has 0 aromatic heterocycles. The van der Waals surface area contributed by atoms with Gasteiger partial charge in [-0.15, -0.1) is 0 Å². The van der Waals surface area contributed by atoms with Gasteiger partial charge in [-0.1, -0.05) is 24.3 Å². The van der Waals surface area contributed by atoms with Gasteiger partial charge in [0.25, 0.3) is 0 Å². The van der Waals surface area contributed by atoms with Gasteiger partial charge in [0.2, 0.25) is 0 Å². The standard InChI is InChI=1S/C18H21BrN2/c1-14-7-8-18(17(19)13-14)20-15-9-11-21(12-10-15)16-5-3-2-4-6-16/h2-8,13,15,20H,9-12H2,1H3. The molecule has 0 unspecified atom stereocenters. The van der Waals surface area contributed by atoms with Crippen molar-refractivity contribution in [2.45, 2.75) is 25.8 Å². The van der Waals surface area contributed by atoms with E-state index in [-0.39, 0.29) is 0 Å². The second-order valence-electron chi connectivity index (χ2n) is 5.72. The normalized spacial score (nSPS) is 16.0. The molecule has 0 saturated carbocycles. The maximum atomic E-state index is 3.67. The van der Waals surface area contributed by atoms with Crippen molar-refractivity contribution in [3.05, 3.63) is 58.6 Å². The monoisotopic (exact) mass is 344 g/mol. The van der Waals surface area contributed by atoms with E-state index in [1.54, 1.807) is 0 Å². The SMILES string of the molecule is Cc1ccc(NC2CCN(c3ccccc3)CC2)c(Br)c1. The van der Waals surface area contributed by atoms with Crippen molar-refractivity contribution < 1.29 is 0 Å². The Morgan fingerprint density at radius 2 is 1.76 bits per heavy atom. The summed E-state index contributed by atoms with van der Waals surface area (Å²) in [7, 11) is 0. The molecule has 1 fully saturated rings. The Morgan fingerprint density at radius 1 is 1.05 bits per heavy atom. The van der Waals surface area contributed by atoms with Crippen molar-refractivity contribution in [2.24, 2.45) is 0 Å². The fourth-order valence-corrected chi connectivity index (χ4v) is 3.49. The Morgan fingerprint density at radius 3 is 2.43 bits per heavy atom. The number of anilines is 2. The number of benzene rings is 2. The van der Waals surface area contributed by atoms with E-state index < -0.39 is 0 Å². The molecule has 1 aliphatic heterocycles. The molecule has 0 radical (unpaired) electrons. The van der Waals surface area contributed by atoms with Crippen molar-refractivity contribution in [3.63, 3.8) is 0 Å². The molecule has 0 amide bonds. The van der Waals surface area contributed by atoms with Gasteiger partial charge in [0.05, 0.1) is 0 Å². The smallest absolute Gasteiger partial charge is 0.0486 e. The van der Waals surface area contributed by atoms with Crippen LogP contribution >= 0.6 is 15.9 Å². The van der Waals surface area contributed by atoms with Crippen LogP contribution in [0.4, 0.5) is 11.4 Å². The topological polar surface area (TPSA) is 15.3 Å². The summed E-state index contributed by atoms with van der Waals surface area (Å²) in [5, 5.41) is 3.67. The lowest BCUT2D eigenvalue weighted by molar-refractivity contribution is 0.526. The van der Waals surface area contributed by atoms with Gasteiger partial charge in [-0.2, -0.15) is 0 Å². The van der Waals surface area contributed by atoms with E-state index in [1.165, 1.54) is 29.8 Å². The molecule has 2 nitrogen and oxygen atoms in total. The molecule has 0 aliphatic carbocycles. The molecule has 21 heavy (non-hydrogen) atoms. The predicted octanol–water partition coefficient (Wildman–Crippen LogP) is 4.84. The van der Waals surface area contributed by atoms with Crippen LogP contribution in [0.2, 0.25) is 0 Å². The molecular weight excluding hydrogens is 324 g/mol. The molecule has 110 valence electrons. The Balaban J connectivity index is 1.59. The highest BCUT2D eigenvalue weighted by molar-refractivity contribution is 9.10. The van der Waals surface area contributed by atoms with Gasteiger partial charge < -0.3 is 10.2 Å². The van der Waals surface area contributed by atoms with Crippen LogP contribution in [-0.4, -0.2) is 19.1 Å². The minimum absolute atomic E-state index is 0.559. The number of halogens is 1. The van der Waals surface area contributed by atoms with Gasteiger partial charge >= 0.3 is 0 Å². The van der Waals surface area contributed by atoms with Crippen LogP contribution in [0, 0.1) is 6.92 Å². The first-order valence-corrected chi connectivity index (χ1v) is 8.34. The Hall–Kier alpha value is -1.48. The Kier molecular flexibility index (Phi) is 4.49. The Labute approximate surface area is 135 Å². The third-order valence-electron chi connectivity index (χ3n) is 4.10. The molecule has 0 spiro atoms. The summed E-state index contributed by atoms with van der Waals surface area (Å²) in [6.45, 7) is 4.35. The highest BCUT2D eigenvalue weighted by atomic mass is 79.9. The summed E-state index contributed by atoms with van der Waals surface area (Å²) in [6, 6.07) is 17.8. The minimum atomic E-state index is 0.559. The zero-order valence-electron chi connectivity index (χ0n) is 12.3. The van der Waals surface area contributed by atoms with Crippen LogP contribution in [0.3, 0.4) is 0 Å². The van der Waals surface area contributed by atoms with Gasteiger partial charge in [-0.25, -0.2) is 0 Å². The van der Waals surface area contributed by atoms with Crippen molar-refractivity contribution in [1.29, 1.82) is 0 Å². The van der Waals surface area contributed by atoms with Crippen molar-refractivity contribution >= 4 is 27.3 Å². The highest BCUT2D eigenvalue weighted by Gasteiger charge is 2.19. The van der Waals surface area contributed by atoms with Crippen LogP contribution in [0.5, 0.6) is 0 Å². The zero-order chi connectivity index (χ0) is 14.7. The van der Waals surface area contributed by atoms with E-state index in [2.05, 4.69) is 81.6 Å². The number of piperidine rings is 1. The molecule has 0 bridgehead atoms. The van der Waals surface area contributed by atoms with Gasteiger partial charge in [0.1, 0.15) is 0 Å². The molecule has 3 rings (SSSR count). The van der Waals surface area contributed by atoms with Crippen molar-refractivity contribution in [2.75, 3.05) is 23.3 Å². The number of aryl methyl sites for hydroxylation is 1. The van der Waals surface area contributed by atoms with Crippen LogP contribution in [0.1, 0.15) is 18.4 Å². The van der Waals surface area contributed by atoms with Crippen LogP contribution in [-0.2, 0) is 0 Å². The number of hydrogen-bond donors (Lipinski definition) is 1. The lowest BCUT2D eigenvalue weighted by Gasteiger charge is -2.34. The van der Waals surface area contributed by atoms with E-state index in [4.69, 9.17) is 0 Å². The maximum absolute atomic E-state index is 3.67. The molecule has 1 saturated heterocycles. The molecule has 2 aromatic carbocycles. The largest absolute Gasteiger partial charge is 0.381 e. The molecule has 0 atom stereocenters. The first-order valence-electron chi connectivity index (χ1n) is 7.55. The third kappa shape index (κ3) is 3.59. The summed E-state index contributed by atoms with van der Waals surface area (Å²) in [5.74, 6) is 0. The van der Waals surface area contributed by atoms with E-state index in [0.29, 0.717) is 6.04 Å². The lowest BCUT2D eigenvalue weighted by Crippen LogP contribution is -2.39. The van der Waals surface area contributed by atoms with Crippen molar-refractivity contribution in [1.82, 2.24) is 0 Å². The van der Waals surface area contributed by atoms with Gasteiger partial charge in [0.15, 0.2) is 0 Å². The van der Waals surface area contributed by atoms with E-state index in [9.17, 15) is 0 Å². The van der Waals surface area contributed by atoms with Crippen LogP contribution in [0.25, 0.3) is 0 Å². The number of para-hydroxylation sites is 1. The van der Waals surface area contributed by atoms with Gasteiger partial charge in [0, 0.05) is 35.0 Å². The zero-order valence-corrected chi connectivity index (χ0v) is 13.9. The lowest BCUT2D eigenvalue weighted by atomic mass is 10.0. The molecule has 1 aliphatic rings. The first-order chi connectivity index (χ1) is 10.2. The summed E-state index contributed by atoms with van der Waals surface area (Å²) >= 11 is 3.65. The maximum Gasteiger partial charge on any atom is 0.0486 e. The molecule has 1 heterocycles. The average molecular weight is 345 g/mol. The number of nitrogens with zero attached hydrogens (tertiary/aromatic N) is 1. The van der Waals surface area contributed by atoms with Crippen LogP contribution < -0.4 is 10.2 Å². The van der Waals surface area contributed by atoms with Crippen molar-refractivity contribution in [3.8, 4) is 0 Å². The van der Waals surface area contributed by atoms with E-state index >= 15 is 0 Å². The fraction of sp³-hybridized carbons (Fsp3) is 0.333. The number of nitrogens with one attached hydrogen (secondary N) is 1. The molecular formula is C18H21BrN2. The molecule has 3 heteroatoms. The third-order valence-corrected chi connectivity index (χ3v) is 4.76. The van der Waals surface area contributed by atoms with Crippen LogP contribution in [0.15, 0.2) is 53.0 Å². The highest BCUT2D eigenvalue weighted by Crippen LogP contribution is 2.27. The molecule has 2 aromatic rings. The second-order valence-corrected chi connectivity index (χ2v) is 6.58. The summed E-state index contributed by atoms with van der Waals surface area (Å²) in [5.41, 5.74) is 3.83. The first kappa shape index (κ1) is 14.5. The van der Waals surface area contributed by atoms with E-state index in [1.807, 2.05) is 0 Å². The quantitative estimate of drug-likeness (QED) is 0.856. The Bertz CT molecular complexity index is 589. The molecule has 1 N–H and O–H groups in total. The summed E-state index contributed by atoms with van der Waals surface area (Å²) in [4.78, 5) is 2.47. The summed E-state index contributed by atoms with van der Waals surface area (Å²) < 4.78 is 1.16. The average Bonchev–Trinajstić information content (AvgIpc) is 2.52. The summed E-state index contributed by atoms with van der Waals surface area (Å²) in [6.07, 6.45) is 2.35. The van der Waals surface area contributed by atoms with E-state index in [0.717, 1.165) is 17.6 Å². The fourth-order valence-electron chi connectivity index (χ4n) is 2.88. The number of rotatable bonds is 3. The van der Waals surface area contributed by atoms with Gasteiger partial charge in [-0.3, -0.25) is 0 Å². The second kappa shape index (κ2) is 6.52. The predicted molar refractivity (Wildman–Crippen MR) is 94.2 cm³/mol. The number of hydrogen-bond acceptors (Lipinski definition) is 2. The van der Waals surface area contributed by atoms with Gasteiger partial charge in [-0.05, 0) is 65.5 Å². The minimum Gasteiger partial charge on any atom is -0.381 e.